The molecule has 0 saturated carbocycles. The molecule has 0 aliphatic carbocycles. The summed E-state index contributed by atoms with van der Waals surface area (Å²) >= 11 is 0. The number of aromatic amines is 2. The molecule has 5 aromatic rings. The van der Waals surface area contributed by atoms with Crippen LogP contribution in [0.15, 0.2) is 45.9 Å². The van der Waals surface area contributed by atoms with E-state index >= 15 is 0 Å². The van der Waals surface area contributed by atoms with Crippen LogP contribution in [0.1, 0.15) is 12.7 Å². The van der Waals surface area contributed by atoms with Crippen molar-refractivity contribution in [3.63, 3.8) is 0 Å². The van der Waals surface area contributed by atoms with Gasteiger partial charge in [-0.2, -0.15) is 15.4 Å². The fraction of sp³-hybridized carbons (Fsp3) is 0.118. The highest BCUT2D eigenvalue weighted by molar-refractivity contribution is 5.81. The van der Waals surface area contributed by atoms with Crippen molar-refractivity contribution in [3.8, 4) is 22.7 Å². The number of hydrogen-bond donors (Lipinski definition) is 2. The van der Waals surface area contributed by atoms with Gasteiger partial charge in [-0.15, -0.1) is 0 Å². The van der Waals surface area contributed by atoms with E-state index in [0.717, 1.165) is 23.3 Å². The SMILES string of the molecule is CCc1cnc(-c2c[nH]n3c(=O)cc(-c4ccc5n[nH]nc5c4)nc23)o1. The van der Waals surface area contributed by atoms with Crippen molar-refractivity contribution < 1.29 is 4.42 Å². The van der Waals surface area contributed by atoms with Crippen molar-refractivity contribution in [1.82, 2.24) is 35.0 Å². The van der Waals surface area contributed by atoms with E-state index < -0.39 is 0 Å². The van der Waals surface area contributed by atoms with Gasteiger partial charge < -0.3 is 4.42 Å². The smallest absolute Gasteiger partial charge is 0.273 e. The standard InChI is InChI=1S/C17H13N7O2/c1-2-10-7-18-17(26-10)11-8-19-24-15(25)6-13(20-16(11)24)9-3-4-12-14(5-9)22-23-21-12/h3-8,19H,2H2,1H3,(H,21,22,23). The number of rotatable bonds is 3. The van der Waals surface area contributed by atoms with Gasteiger partial charge in [-0.1, -0.05) is 13.0 Å². The van der Waals surface area contributed by atoms with E-state index in [0.29, 0.717) is 28.3 Å². The predicted octanol–water partition coefficient (Wildman–Crippen LogP) is 2.18. The number of benzene rings is 1. The number of hydrogen-bond acceptors (Lipinski definition) is 6. The summed E-state index contributed by atoms with van der Waals surface area (Å²) in [6.45, 7) is 1.99. The average Bonchev–Trinajstić information content (AvgIpc) is 3.39. The second-order valence-corrected chi connectivity index (χ2v) is 5.84. The summed E-state index contributed by atoms with van der Waals surface area (Å²) in [5, 5.41) is 13.6. The third-order valence-corrected chi connectivity index (χ3v) is 4.24. The van der Waals surface area contributed by atoms with E-state index in [4.69, 9.17) is 4.42 Å². The molecular formula is C17H13N7O2. The molecule has 0 aliphatic rings. The molecule has 9 heteroatoms. The van der Waals surface area contributed by atoms with Crippen LogP contribution in [0.2, 0.25) is 0 Å². The van der Waals surface area contributed by atoms with Gasteiger partial charge in [0.25, 0.3) is 5.56 Å². The molecule has 0 amide bonds. The molecule has 0 saturated heterocycles. The van der Waals surface area contributed by atoms with Gasteiger partial charge in [0.1, 0.15) is 16.8 Å². The summed E-state index contributed by atoms with van der Waals surface area (Å²) < 4.78 is 7.07. The van der Waals surface area contributed by atoms with Gasteiger partial charge >= 0.3 is 0 Å². The zero-order valence-electron chi connectivity index (χ0n) is 13.7. The van der Waals surface area contributed by atoms with Crippen LogP contribution in [-0.2, 0) is 6.42 Å². The van der Waals surface area contributed by atoms with Gasteiger partial charge in [-0.3, -0.25) is 9.89 Å². The molecule has 0 spiro atoms. The van der Waals surface area contributed by atoms with Crippen LogP contribution in [0.5, 0.6) is 0 Å². The minimum atomic E-state index is -0.223. The third-order valence-electron chi connectivity index (χ3n) is 4.24. The Kier molecular flexibility index (Phi) is 3.02. The summed E-state index contributed by atoms with van der Waals surface area (Å²) in [4.78, 5) is 21.4. The van der Waals surface area contributed by atoms with E-state index in [9.17, 15) is 4.79 Å². The van der Waals surface area contributed by atoms with Crippen molar-refractivity contribution in [2.45, 2.75) is 13.3 Å². The van der Waals surface area contributed by atoms with Crippen molar-refractivity contribution in [2.75, 3.05) is 0 Å². The van der Waals surface area contributed by atoms with E-state index in [2.05, 4.69) is 30.5 Å². The molecule has 4 aromatic heterocycles. The number of aryl methyl sites for hydroxylation is 1. The molecule has 0 bridgehead atoms. The topological polar surface area (TPSA) is 118 Å². The lowest BCUT2D eigenvalue weighted by molar-refractivity contribution is 0.525. The number of nitrogens with one attached hydrogen (secondary N) is 2. The predicted molar refractivity (Wildman–Crippen MR) is 93.6 cm³/mol. The highest BCUT2D eigenvalue weighted by Crippen LogP contribution is 2.25. The molecule has 26 heavy (non-hydrogen) atoms. The first kappa shape index (κ1) is 14.6. The van der Waals surface area contributed by atoms with Crippen molar-refractivity contribution >= 4 is 16.7 Å². The van der Waals surface area contributed by atoms with E-state index in [1.165, 1.54) is 10.6 Å². The molecule has 0 radical (unpaired) electrons. The van der Waals surface area contributed by atoms with Gasteiger partial charge in [0, 0.05) is 24.2 Å². The molecule has 2 N–H and O–H groups in total. The van der Waals surface area contributed by atoms with Crippen LogP contribution in [0, 0.1) is 0 Å². The molecule has 0 aliphatic heterocycles. The number of nitrogens with zero attached hydrogens (tertiary/aromatic N) is 5. The Balaban J connectivity index is 1.71. The van der Waals surface area contributed by atoms with Crippen molar-refractivity contribution in [3.05, 3.63) is 52.8 Å². The lowest BCUT2D eigenvalue weighted by atomic mass is 10.1. The molecule has 5 rings (SSSR count). The van der Waals surface area contributed by atoms with Gasteiger partial charge in [0.05, 0.1) is 17.5 Å². The minimum Gasteiger partial charge on any atom is -0.441 e. The van der Waals surface area contributed by atoms with Crippen LogP contribution < -0.4 is 5.56 Å². The monoisotopic (exact) mass is 347 g/mol. The van der Waals surface area contributed by atoms with Gasteiger partial charge in [0.2, 0.25) is 5.89 Å². The second kappa shape index (κ2) is 5.38. The van der Waals surface area contributed by atoms with Crippen LogP contribution in [0.4, 0.5) is 0 Å². The maximum absolute atomic E-state index is 12.5. The molecule has 1 aromatic carbocycles. The van der Waals surface area contributed by atoms with E-state index in [1.807, 2.05) is 25.1 Å². The zero-order chi connectivity index (χ0) is 17.7. The fourth-order valence-electron chi connectivity index (χ4n) is 2.88. The summed E-state index contributed by atoms with van der Waals surface area (Å²) in [5.74, 6) is 1.20. The summed E-state index contributed by atoms with van der Waals surface area (Å²) in [6.07, 6.45) is 4.09. The zero-order valence-corrected chi connectivity index (χ0v) is 13.7. The Hall–Kier alpha value is -3.75. The number of H-pyrrole nitrogens is 2. The van der Waals surface area contributed by atoms with Crippen LogP contribution in [0.3, 0.4) is 0 Å². The maximum atomic E-state index is 12.5. The highest BCUT2D eigenvalue weighted by atomic mass is 16.4. The lowest BCUT2D eigenvalue weighted by Gasteiger charge is -2.02. The Morgan fingerprint density at radius 2 is 2.08 bits per heavy atom. The normalized spacial score (nSPS) is 11.6. The Bertz CT molecular complexity index is 1310. The van der Waals surface area contributed by atoms with Gasteiger partial charge in [-0.05, 0) is 12.1 Å². The maximum Gasteiger partial charge on any atom is 0.273 e. The summed E-state index contributed by atoms with van der Waals surface area (Å²) in [5.41, 5.74) is 3.64. The fourth-order valence-corrected chi connectivity index (χ4v) is 2.88. The van der Waals surface area contributed by atoms with Gasteiger partial charge in [-0.25, -0.2) is 14.5 Å². The number of aromatic nitrogens is 7. The van der Waals surface area contributed by atoms with Crippen molar-refractivity contribution in [1.29, 1.82) is 0 Å². The third kappa shape index (κ3) is 2.14. The first-order chi connectivity index (χ1) is 12.7. The Morgan fingerprint density at radius 1 is 1.19 bits per heavy atom. The van der Waals surface area contributed by atoms with Crippen LogP contribution in [0.25, 0.3) is 39.4 Å². The Morgan fingerprint density at radius 3 is 2.92 bits per heavy atom. The van der Waals surface area contributed by atoms with Crippen molar-refractivity contribution in [2.24, 2.45) is 0 Å². The highest BCUT2D eigenvalue weighted by Gasteiger charge is 2.16. The minimum absolute atomic E-state index is 0.223. The first-order valence-electron chi connectivity index (χ1n) is 8.10. The summed E-state index contributed by atoms with van der Waals surface area (Å²) in [7, 11) is 0. The quantitative estimate of drug-likeness (QED) is 0.516. The lowest BCUT2D eigenvalue weighted by Crippen LogP contribution is -2.14. The largest absolute Gasteiger partial charge is 0.441 e. The molecule has 0 atom stereocenters. The van der Waals surface area contributed by atoms with Gasteiger partial charge in [0.15, 0.2) is 5.65 Å². The number of oxazole rings is 1. The molecule has 128 valence electrons. The van der Waals surface area contributed by atoms with E-state index in [1.54, 1.807) is 12.4 Å². The molecule has 0 unspecified atom stereocenters. The molecule has 0 fully saturated rings. The van der Waals surface area contributed by atoms with E-state index in [-0.39, 0.29) is 5.56 Å². The molecule has 4 heterocycles. The van der Waals surface area contributed by atoms with Crippen LogP contribution >= 0.6 is 0 Å². The summed E-state index contributed by atoms with van der Waals surface area (Å²) in [6, 6.07) is 7.00. The molecular weight excluding hydrogens is 334 g/mol. The average molecular weight is 347 g/mol. The Labute approximate surface area is 145 Å². The second-order valence-electron chi connectivity index (χ2n) is 5.84. The molecule has 9 nitrogen and oxygen atoms in total. The number of fused-ring (bicyclic) bond motifs is 2. The first-order valence-corrected chi connectivity index (χ1v) is 8.10. The van der Waals surface area contributed by atoms with Crippen LogP contribution in [-0.4, -0.2) is 35.0 Å².